The topological polar surface area (TPSA) is 137 Å². The minimum Gasteiger partial charge on any atom is -0.319 e. The van der Waals surface area contributed by atoms with E-state index in [1.807, 2.05) is 0 Å². The van der Waals surface area contributed by atoms with Crippen molar-refractivity contribution in [2.75, 3.05) is 18.6 Å². The normalized spacial score (nSPS) is 14.8. The van der Waals surface area contributed by atoms with Gasteiger partial charge in [0.15, 0.2) is 0 Å². The molecule has 1 atom stereocenters. The zero-order chi connectivity index (χ0) is 33.5. The second-order valence-electron chi connectivity index (χ2n) is 11.9. The second-order valence-corrected chi connectivity index (χ2v) is 13.7. The molecule has 1 aliphatic rings. The third-order valence-electron chi connectivity index (χ3n) is 7.75. The van der Waals surface area contributed by atoms with E-state index in [1.54, 1.807) is 23.7 Å². The van der Waals surface area contributed by atoms with Gasteiger partial charge in [-0.3, -0.25) is 45.2 Å². The number of amides is 5. The Kier molecular flexibility index (Phi) is 21.8. The van der Waals surface area contributed by atoms with Gasteiger partial charge in [-0.25, -0.2) is 0 Å². The number of carbonyl (C=O) groups excluding carboxylic acids is 5. The van der Waals surface area contributed by atoms with Crippen molar-refractivity contribution in [2.45, 2.75) is 147 Å². The van der Waals surface area contributed by atoms with Crippen molar-refractivity contribution >= 4 is 53.9 Å². The lowest BCUT2D eigenvalue weighted by Gasteiger charge is -2.36. The molecule has 1 rings (SSSR count). The lowest BCUT2D eigenvalue weighted by molar-refractivity contribution is -0.136. The number of hydrogen-bond donors (Lipinski definition) is 5. The maximum absolute atomic E-state index is 13.2. The number of rotatable bonds is 26. The van der Waals surface area contributed by atoms with E-state index in [4.69, 9.17) is 0 Å². The van der Waals surface area contributed by atoms with Crippen molar-refractivity contribution in [3.8, 4) is 0 Å². The predicted octanol–water partition coefficient (Wildman–Crippen LogP) is 5.53. The zero-order valence-electron chi connectivity index (χ0n) is 28.0. The number of hydrogen-bond acceptors (Lipinski definition) is 7. The van der Waals surface area contributed by atoms with Crippen molar-refractivity contribution in [2.24, 2.45) is 0 Å². The van der Waals surface area contributed by atoms with Gasteiger partial charge in [0.2, 0.25) is 29.5 Å². The Morgan fingerprint density at radius 2 is 1.13 bits per heavy atom. The van der Waals surface area contributed by atoms with Crippen molar-refractivity contribution in [3.63, 3.8) is 0 Å². The largest absolute Gasteiger partial charge is 0.319 e. The highest BCUT2D eigenvalue weighted by Gasteiger charge is 2.37. The summed E-state index contributed by atoms with van der Waals surface area (Å²) in [4.78, 5) is 66.3. The monoisotopic (exact) mass is 669 g/mol. The molecule has 0 saturated carbocycles. The molecule has 1 unspecified atom stereocenters. The molecule has 1 fully saturated rings. The first-order valence-corrected chi connectivity index (χ1v) is 18.7. The highest BCUT2D eigenvalue weighted by molar-refractivity contribution is 8.00. The maximum Gasteiger partial charge on any atom is 0.276 e. The summed E-state index contributed by atoms with van der Waals surface area (Å²) in [5.41, 5.74) is 0.837. The minimum absolute atomic E-state index is 0.0873. The van der Waals surface area contributed by atoms with E-state index >= 15 is 0 Å². The number of likely N-dealkylation sites (tertiary alicyclic amines) is 1. The average molecular weight is 670 g/mol. The molecule has 0 aromatic heterocycles. The average Bonchev–Trinajstić information content (AvgIpc) is 3.23. The lowest BCUT2D eigenvalue weighted by atomic mass is 10.1. The zero-order valence-corrected chi connectivity index (χ0v) is 29.7. The van der Waals surface area contributed by atoms with Crippen LogP contribution in [0.3, 0.4) is 0 Å². The van der Waals surface area contributed by atoms with Gasteiger partial charge >= 0.3 is 0 Å². The fourth-order valence-corrected chi connectivity index (χ4v) is 6.49. The van der Waals surface area contributed by atoms with Crippen molar-refractivity contribution in [1.29, 1.82) is 0 Å². The Bertz CT molecular complexity index is 884. The van der Waals surface area contributed by atoms with Crippen LogP contribution in [0.5, 0.6) is 0 Å². The summed E-state index contributed by atoms with van der Waals surface area (Å²) in [5, 5.41) is 11.0. The van der Waals surface area contributed by atoms with Gasteiger partial charge in [0.05, 0.1) is 5.25 Å². The highest BCUT2D eigenvalue weighted by Crippen LogP contribution is 2.29. The number of carbonyl (C=O) groups is 5. The van der Waals surface area contributed by atoms with Gasteiger partial charge in [0.1, 0.15) is 0 Å². The third kappa shape index (κ3) is 17.9. The van der Waals surface area contributed by atoms with Gasteiger partial charge in [-0.1, -0.05) is 71.8 Å². The first-order valence-electron chi connectivity index (χ1n) is 17.0. The number of unbranched alkanes of at least 4 members (excludes halogenated alkanes) is 10. The van der Waals surface area contributed by atoms with Crippen LogP contribution >= 0.6 is 24.4 Å². The van der Waals surface area contributed by atoms with Crippen LogP contribution in [-0.2, 0) is 24.0 Å². The van der Waals surface area contributed by atoms with Crippen LogP contribution in [0.25, 0.3) is 0 Å². The summed E-state index contributed by atoms with van der Waals surface area (Å²) in [6.45, 7) is 8.11. The van der Waals surface area contributed by atoms with Gasteiger partial charge in [-0.15, -0.1) is 11.8 Å². The van der Waals surface area contributed by atoms with Gasteiger partial charge in [-0.05, 0) is 50.0 Å². The molecule has 0 aliphatic carbocycles. The van der Waals surface area contributed by atoms with E-state index in [-0.39, 0.29) is 60.5 Å². The summed E-state index contributed by atoms with van der Waals surface area (Å²) >= 11 is 5.84. The number of thioether (sulfide) groups is 1. The highest BCUT2D eigenvalue weighted by atomic mass is 32.2. The molecule has 0 spiro atoms. The minimum atomic E-state index is -1.91. The van der Waals surface area contributed by atoms with Gasteiger partial charge in [0, 0.05) is 44.8 Å². The van der Waals surface area contributed by atoms with E-state index < -0.39 is 5.91 Å². The molecule has 258 valence electrons. The molecule has 45 heavy (non-hydrogen) atoms. The van der Waals surface area contributed by atoms with E-state index in [1.165, 1.54) is 0 Å². The molecular formula is C33H59N5O5S2. The number of nitrogens with zero attached hydrogens (tertiary/aromatic N) is 1. The van der Waals surface area contributed by atoms with Crippen LogP contribution in [0.4, 0.5) is 0 Å². The van der Waals surface area contributed by atoms with Crippen LogP contribution in [0.2, 0.25) is 0 Å². The van der Waals surface area contributed by atoms with Crippen molar-refractivity contribution in [3.05, 3.63) is 12.3 Å². The third-order valence-corrected chi connectivity index (χ3v) is 9.36. The van der Waals surface area contributed by atoms with Crippen LogP contribution in [0.1, 0.15) is 136 Å². The van der Waals surface area contributed by atoms with E-state index in [2.05, 4.69) is 54.3 Å². The fourth-order valence-electron chi connectivity index (χ4n) is 5.00. The number of allylic oxidation sites excluding steroid dienone is 1. The standard InChI is InChI=1S/C33H59N5O5S2/c1-5-7-9-13-19-28(39)34-33(35-29(40)20-14-10-8-6-2,36-30(41)21-15-11-17-23-44)37-31(42)22-16-12-18-24-45-27-25-26(3)38(4)32(27)43/h27,44H,3,5-25H2,1-2,4H3,(H,34,39)(H,35,40)(H,36,41)(H,37,42). The van der Waals surface area contributed by atoms with Crippen molar-refractivity contribution in [1.82, 2.24) is 26.2 Å². The Labute approximate surface area is 281 Å². The Morgan fingerprint density at radius 1 is 0.733 bits per heavy atom. The molecule has 4 N–H and O–H groups in total. The maximum atomic E-state index is 13.2. The quantitative estimate of drug-likeness (QED) is 0.0467. The molecule has 1 aliphatic heterocycles. The molecule has 12 heteroatoms. The molecule has 10 nitrogen and oxygen atoms in total. The summed E-state index contributed by atoms with van der Waals surface area (Å²) in [6.07, 6.45) is 13.2. The molecule has 0 aromatic rings. The Hall–Kier alpha value is -2.21. The SMILES string of the molecule is C=C1CC(SCCCCCC(=O)NC(NC(=O)CCCCCC)(NC(=O)CCCCCC)NC(=O)CCCCCS)C(=O)N1C. The molecule has 1 heterocycles. The lowest BCUT2D eigenvalue weighted by Crippen LogP contribution is -2.78. The first-order chi connectivity index (χ1) is 21.6. The second kappa shape index (κ2) is 24.0. The summed E-state index contributed by atoms with van der Waals surface area (Å²) in [5.74, 6) is -1.78. The van der Waals surface area contributed by atoms with Crippen LogP contribution < -0.4 is 21.3 Å². The van der Waals surface area contributed by atoms with Gasteiger partial charge in [0.25, 0.3) is 5.91 Å². The first kappa shape index (κ1) is 40.8. The molecule has 5 amide bonds. The molecule has 0 radical (unpaired) electrons. The Morgan fingerprint density at radius 3 is 1.49 bits per heavy atom. The van der Waals surface area contributed by atoms with E-state index in [0.717, 1.165) is 81.4 Å². The van der Waals surface area contributed by atoms with Gasteiger partial charge in [-0.2, -0.15) is 12.6 Å². The van der Waals surface area contributed by atoms with Crippen molar-refractivity contribution < 1.29 is 24.0 Å². The molecular weight excluding hydrogens is 611 g/mol. The molecule has 0 aromatic carbocycles. The van der Waals surface area contributed by atoms with Crippen LogP contribution in [-0.4, -0.2) is 64.1 Å². The number of nitrogens with one attached hydrogen (secondary N) is 4. The van der Waals surface area contributed by atoms with Crippen LogP contribution in [0.15, 0.2) is 12.3 Å². The fraction of sp³-hybridized carbons (Fsp3) is 0.788. The summed E-state index contributed by atoms with van der Waals surface area (Å²) in [6, 6.07) is 0. The summed E-state index contributed by atoms with van der Waals surface area (Å²) in [7, 11) is 1.75. The van der Waals surface area contributed by atoms with E-state index in [0.29, 0.717) is 32.1 Å². The summed E-state index contributed by atoms with van der Waals surface area (Å²) < 4.78 is 0. The molecule has 0 bridgehead atoms. The Balaban J connectivity index is 2.88. The number of thiol groups is 1. The van der Waals surface area contributed by atoms with Crippen LogP contribution in [0, 0.1) is 0 Å². The van der Waals surface area contributed by atoms with Gasteiger partial charge < -0.3 is 4.90 Å². The van der Waals surface area contributed by atoms with E-state index in [9.17, 15) is 24.0 Å². The smallest absolute Gasteiger partial charge is 0.276 e. The predicted molar refractivity (Wildman–Crippen MR) is 186 cm³/mol. The molecule has 1 saturated heterocycles.